The van der Waals surface area contributed by atoms with Gasteiger partial charge in [-0.25, -0.2) is 0 Å². The van der Waals surface area contributed by atoms with Crippen LogP contribution in [0, 0.1) is 0 Å². The molecule has 0 aromatic heterocycles. The van der Waals surface area contributed by atoms with E-state index in [9.17, 15) is 9.90 Å². The molecule has 0 fully saturated rings. The van der Waals surface area contributed by atoms with Crippen LogP contribution in [0.3, 0.4) is 0 Å². The monoisotopic (exact) mass is 256 g/mol. The van der Waals surface area contributed by atoms with Crippen molar-refractivity contribution in [3.63, 3.8) is 0 Å². The molecule has 1 amide bonds. The molecule has 0 saturated heterocycles. The fourth-order valence-electron chi connectivity index (χ4n) is 1.79. The lowest BCUT2D eigenvalue weighted by atomic mass is 10.0. The lowest BCUT2D eigenvalue weighted by Crippen LogP contribution is -2.29. The van der Waals surface area contributed by atoms with Crippen LogP contribution in [0.25, 0.3) is 11.1 Å². The molecule has 0 aliphatic carbocycles. The Kier molecular flexibility index (Phi) is 4.15. The van der Waals surface area contributed by atoms with E-state index in [1.54, 1.807) is 12.1 Å². The van der Waals surface area contributed by atoms with Gasteiger partial charge in [0.15, 0.2) is 0 Å². The Morgan fingerprint density at radius 2 is 1.79 bits per heavy atom. The van der Waals surface area contributed by atoms with Crippen molar-refractivity contribution in [2.45, 2.75) is 6.54 Å². The molecule has 2 rings (SSSR count). The molecule has 0 spiro atoms. The van der Waals surface area contributed by atoms with Crippen molar-refractivity contribution in [2.24, 2.45) is 5.73 Å². The maximum Gasteiger partial charge on any atom is 0.234 e. The van der Waals surface area contributed by atoms with E-state index in [0.717, 1.165) is 16.7 Å². The SMILES string of the molecule is NCC(=O)NCc1ccc(-c2ccccc2O)cc1. The number of nitrogens with one attached hydrogen (secondary N) is 1. The summed E-state index contributed by atoms with van der Waals surface area (Å²) < 4.78 is 0. The number of aromatic hydroxyl groups is 1. The number of phenols is 1. The van der Waals surface area contributed by atoms with Crippen LogP contribution in [0.2, 0.25) is 0 Å². The largest absolute Gasteiger partial charge is 0.507 e. The van der Waals surface area contributed by atoms with Crippen LogP contribution in [-0.4, -0.2) is 17.6 Å². The Hall–Kier alpha value is -2.33. The molecular weight excluding hydrogens is 240 g/mol. The van der Waals surface area contributed by atoms with E-state index in [4.69, 9.17) is 5.73 Å². The average Bonchev–Trinajstić information content (AvgIpc) is 2.46. The van der Waals surface area contributed by atoms with Crippen molar-refractivity contribution in [1.29, 1.82) is 0 Å². The lowest BCUT2D eigenvalue weighted by Gasteiger charge is -2.07. The minimum absolute atomic E-state index is 0.00400. The molecule has 2 aromatic carbocycles. The second-order valence-corrected chi connectivity index (χ2v) is 4.19. The summed E-state index contributed by atoms with van der Waals surface area (Å²) in [6.07, 6.45) is 0. The summed E-state index contributed by atoms with van der Waals surface area (Å²) in [5.74, 6) is 0.0801. The molecule has 4 heteroatoms. The number of benzene rings is 2. The van der Waals surface area contributed by atoms with Crippen molar-refractivity contribution >= 4 is 5.91 Å². The molecule has 4 nitrogen and oxygen atoms in total. The maximum atomic E-state index is 11.0. The summed E-state index contributed by atoms with van der Waals surface area (Å²) in [5.41, 5.74) is 7.93. The van der Waals surface area contributed by atoms with Crippen LogP contribution in [0.5, 0.6) is 5.75 Å². The van der Waals surface area contributed by atoms with Crippen molar-refractivity contribution in [2.75, 3.05) is 6.54 Å². The minimum Gasteiger partial charge on any atom is -0.507 e. The highest BCUT2D eigenvalue weighted by molar-refractivity contribution is 5.77. The van der Waals surface area contributed by atoms with Crippen LogP contribution >= 0.6 is 0 Å². The van der Waals surface area contributed by atoms with Gasteiger partial charge in [-0.2, -0.15) is 0 Å². The molecule has 0 unspecified atom stereocenters. The molecule has 19 heavy (non-hydrogen) atoms. The topological polar surface area (TPSA) is 75.4 Å². The zero-order valence-electron chi connectivity index (χ0n) is 10.5. The van der Waals surface area contributed by atoms with Gasteiger partial charge in [0.25, 0.3) is 0 Å². The standard InChI is InChI=1S/C15H16N2O2/c16-9-15(19)17-10-11-5-7-12(8-6-11)13-3-1-2-4-14(13)18/h1-8,18H,9-10,16H2,(H,17,19). The number of hydrogen-bond donors (Lipinski definition) is 3. The van der Waals surface area contributed by atoms with E-state index < -0.39 is 0 Å². The van der Waals surface area contributed by atoms with E-state index in [1.807, 2.05) is 36.4 Å². The fourth-order valence-corrected chi connectivity index (χ4v) is 1.79. The molecule has 4 N–H and O–H groups in total. The first-order chi connectivity index (χ1) is 9.20. The molecule has 0 bridgehead atoms. The van der Waals surface area contributed by atoms with Crippen LogP contribution in [0.4, 0.5) is 0 Å². The number of phenolic OH excluding ortho intramolecular Hbond substituents is 1. The zero-order valence-corrected chi connectivity index (χ0v) is 10.5. The Bertz CT molecular complexity index is 565. The van der Waals surface area contributed by atoms with Gasteiger partial charge < -0.3 is 16.2 Å². The maximum absolute atomic E-state index is 11.0. The molecule has 0 radical (unpaired) electrons. The summed E-state index contributed by atoms with van der Waals surface area (Å²) in [4.78, 5) is 11.0. The van der Waals surface area contributed by atoms with Crippen molar-refractivity contribution < 1.29 is 9.90 Å². The van der Waals surface area contributed by atoms with Gasteiger partial charge in [-0.05, 0) is 17.2 Å². The summed E-state index contributed by atoms with van der Waals surface area (Å²) in [7, 11) is 0. The van der Waals surface area contributed by atoms with E-state index in [1.165, 1.54) is 0 Å². The zero-order chi connectivity index (χ0) is 13.7. The van der Waals surface area contributed by atoms with E-state index in [2.05, 4.69) is 5.32 Å². The quantitative estimate of drug-likeness (QED) is 0.778. The predicted octanol–water partition coefficient (Wildman–Crippen LogP) is 1.63. The van der Waals surface area contributed by atoms with Gasteiger partial charge in [-0.15, -0.1) is 0 Å². The first-order valence-corrected chi connectivity index (χ1v) is 6.05. The number of amides is 1. The van der Waals surface area contributed by atoms with Gasteiger partial charge in [0.2, 0.25) is 5.91 Å². The summed E-state index contributed by atoms with van der Waals surface area (Å²) in [5, 5.41) is 12.5. The molecule has 0 aliphatic rings. The van der Waals surface area contributed by atoms with Crippen molar-refractivity contribution in [3.05, 3.63) is 54.1 Å². The number of nitrogens with two attached hydrogens (primary N) is 1. The molecule has 0 saturated carbocycles. The molecule has 0 atom stereocenters. The second-order valence-electron chi connectivity index (χ2n) is 4.19. The molecule has 98 valence electrons. The first-order valence-electron chi connectivity index (χ1n) is 6.05. The average molecular weight is 256 g/mol. The van der Waals surface area contributed by atoms with Crippen LogP contribution in [0.15, 0.2) is 48.5 Å². The Morgan fingerprint density at radius 3 is 2.42 bits per heavy atom. The number of hydrogen-bond acceptors (Lipinski definition) is 3. The van der Waals surface area contributed by atoms with Crippen LogP contribution in [-0.2, 0) is 11.3 Å². The molecule has 0 heterocycles. The highest BCUT2D eigenvalue weighted by Crippen LogP contribution is 2.28. The van der Waals surface area contributed by atoms with Gasteiger partial charge >= 0.3 is 0 Å². The van der Waals surface area contributed by atoms with Gasteiger partial charge in [0.05, 0.1) is 6.54 Å². The molecule has 2 aromatic rings. The number of carbonyl (C=O) groups is 1. The van der Waals surface area contributed by atoms with Crippen molar-refractivity contribution in [1.82, 2.24) is 5.32 Å². The van der Waals surface area contributed by atoms with Crippen LogP contribution < -0.4 is 11.1 Å². The fraction of sp³-hybridized carbons (Fsp3) is 0.133. The van der Waals surface area contributed by atoms with E-state index in [0.29, 0.717) is 6.54 Å². The Morgan fingerprint density at radius 1 is 1.11 bits per heavy atom. The third-order valence-corrected chi connectivity index (χ3v) is 2.84. The third kappa shape index (κ3) is 3.33. The number of carbonyl (C=O) groups excluding carboxylic acids is 1. The highest BCUT2D eigenvalue weighted by Gasteiger charge is 2.03. The van der Waals surface area contributed by atoms with Gasteiger partial charge in [-0.3, -0.25) is 4.79 Å². The smallest absolute Gasteiger partial charge is 0.234 e. The number of rotatable bonds is 4. The van der Waals surface area contributed by atoms with E-state index >= 15 is 0 Å². The number of para-hydroxylation sites is 1. The lowest BCUT2D eigenvalue weighted by molar-refractivity contribution is -0.119. The highest BCUT2D eigenvalue weighted by atomic mass is 16.3. The van der Waals surface area contributed by atoms with Gasteiger partial charge in [-0.1, -0.05) is 42.5 Å². The normalized spacial score (nSPS) is 10.2. The van der Waals surface area contributed by atoms with Crippen molar-refractivity contribution in [3.8, 4) is 16.9 Å². The predicted molar refractivity (Wildman–Crippen MR) is 74.4 cm³/mol. The Balaban J connectivity index is 2.11. The summed E-state index contributed by atoms with van der Waals surface area (Å²) in [6, 6.07) is 14.8. The second kappa shape index (κ2) is 6.02. The summed E-state index contributed by atoms with van der Waals surface area (Å²) >= 11 is 0. The van der Waals surface area contributed by atoms with Gasteiger partial charge in [0, 0.05) is 12.1 Å². The summed E-state index contributed by atoms with van der Waals surface area (Å²) in [6.45, 7) is 0.451. The first kappa shape index (κ1) is 13.1. The van der Waals surface area contributed by atoms with E-state index in [-0.39, 0.29) is 18.2 Å². The Labute approximate surface area is 111 Å². The molecular formula is C15H16N2O2. The third-order valence-electron chi connectivity index (χ3n) is 2.84. The minimum atomic E-state index is -0.176. The molecule has 0 aliphatic heterocycles. The van der Waals surface area contributed by atoms with Gasteiger partial charge in [0.1, 0.15) is 5.75 Å². The van der Waals surface area contributed by atoms with Crippen LogP contribution in [0.1, 0.15) is 5.56 Å².